The van der Waals surface area contributed by atoms with E-state index in [1.807, 2.05) is 16.8 Å². The number of nitriles is 1. The first-order valence-electron chi connectivity index (χ1n) is 16.0. The molecule has 4 aromatic heterocycles. The van der Waals surface area contributed by atoms with E-state index >= 15 is 0 Å². The molecule has 7 rings (SSSR count). The lowest BCUT2D eigenvalue weighted by molar-refractivity contribution is -0.152. The maximum Gasteiger partial charge on any atom is 0.338 e. The van der Waals surface area contributed by atoms with Crippen molar-refractivity contribution in [3.05, 3.63) is 79.9 Å². The number of hydrogen-bond donors (Lipinski definition) is 1. The van der Waals surface area contributed by atoms with Gasteiger partial charge in [0.15, 0.2) is 0 Å². The summed E-state index contributed by atoms with van der Waals surface area (Å²) in [6.45, 7) is 2.71. The highest BCUT2D eigenvalue weighted by Crippen LogP contribution is 2.42. The van der Waals surface area contributed by atoms with Crippen molar-refractivity contribution in [3.8, 4) is 29.0 Å². The minimum Gasteiger partial charge on any atom is -0.478 e. The van der Waals surface area contributed by atoms with Crippen molar-refractivity contribution in [1.82, 2.24) is 24.4 Å². The number of aromatic nitrogens is 4. The fourth-order valence-electron chi connectivity index (χ4n) is 6.93. The predicted octanol–water partition coefficient (Wildman–Crippen LogP) is 6.35. The molecule has 10 nitrogen and oxygen atoms in total. The van der Waals surface area contributed by atoms with Gasteiger partial charge in [-0.25, -0.2) is 23.5 Å². The summed E-state index contributed by atoms with van der Waals surface area (Å²) >= 11 is 7.65. The fraction of sp³-hybridized carbons (Fsp3) is 0.333. The molecule has 1 saturated heterocycles. The van der Waals surface area contributed by atoms with Gasteiger partial charge in [0, 0.05) is 65.9 Å². The number of piperidine rings is 1. The van der Waals surface area contributed by atoms with Gasteiger partial charge in [-0.3, -0.25) is 19.2 Å². The van der Waals surface area contributed by atoms with E-state index in [0.29, 0.717) is 75.9 Å². The van der Waals surface area contributed by atoms with Crippen LogP contribution in [0.2, 0.25) is 5.02 Å². The summed E-state index contributed by atoms with van der Waals surface area (Å²) < 4.78 is 30.2. The van der Waals surface area contributed by atoms with Gasteiger partial charge in [0.1, 0.15) is 23.3 Å². The molecule has 254 valence electrons. The zero-order chi connectivity index (χ0) is 35.3. The third kappa shape index (κ3) is 5.85. The van der Waals surface area contributed by atoms with E-state index in [2.05, 4.69) is 32.9 Å². The maximum atomic E-state index is 14.0. The highest BCUT2D eigenvalue weighted by atomic mass is 35.5. The third-order valence-corrected chi connectivity index (χ3v) is 11.0. The number of aromatic carboxylic acids is 1. The minimum absolute atomic E-state index is 0.0216. The van der Waals surface area contributed by atoms with Crippen LogP contribution < -0.4 is 10.5 Å². The van der Waals surface area contributed by atoms with Crippen LogP contribution in [0.25, 0.3) is 32.2 Å². The molecule has 0 bridgehead atoms. The second-order valence-electron chi connectivity index (χ2n) is 12.6. The highest BCUT2D eigenvalue weighted by Gasteiger charge is 2.51. The van der Waals surface area contributed by atoms with Crippen molar-refractivity contribution >= 4 is 55.8 Å². The van der Waals surface area contributed by atoms with Crippen molar-refractivity contribution in [2.45, 2.75) is 57.2 Å². The zero-order valence-corrected chi connectivity index (χ0v) is 28.7. The summed E-state index contributed by atoms with van der Waals surface area (Å²) in [6.07, 6.45) is 4.73. The SMILES string of the molecule is Cc1nc2cnc(N(C)C3CCN(C4CCC4(F)F)CC3)c(C#N)c2c(=O)n1CC#Cc1ccc(Cl)cc1-c1ccnc2c(C(=O)O)csc12. The molecule has 1 saturated carbocycles. The highest BCUT2D eigenvalue weighted by molar-refractivity contribution is 7.18. The average molecular weight is 714 g/mol. The number of rotatable bonds is 6. The van der Waals surface area contributed by atoms with Gasteiger partial charge in [-0.15, -0.1) is 11.3 Å². The van der Waals surface area contributed by atoms with E-state index in [9.17, 15) is 28.7 Å². The standard InChI is InChI=1S/C36H30ClF2N7O3S/c1-20-43-28-18-42-33(44(2)23-9-14-45(15-10-23)29-7-11-36(29,38)39)26(17-40)30(28)34(47)46(20)13-3-4-21-5-6-22(37)16-25(21)24-8-12-41-31-27(35(48)49)19-50-32(24)31/h5-6,8,12,16,18-19,23,29H,7,9-11,13-15H2,1-2H3,(H,48,49). The number of halogens is 3. The monoisotopic (exact) mass is 713 g/mol. The fourth-order valence-corrected chi connectivity index (χ4v) is 8.13. The van der Waals surface area contributed by atoms with Crippen LogP contribution in [-0.4, -0.2) is 73.6 Å². The molecule has 0 amide bonds. The Morgan fingerprint density at radius 2 is 1.98 bits per heavy atom. The van der Waals surface area contributed by atoms with Crippen LogP contribution in [0.5, 0.6) is 0 Å². The van der Waals surface area contributed by atoms with Gasteiger partial charge in [0.25, 0.3) is 11.5 Å². The van der Waals surface area contributed by atoms with Gasteiger partial charge in [-0.05, 0) is 50.5 Å². The van der Waals surface area contributed by atoms with E-state index < -0.39 is 23.5 Å². The second kappa shape index (κ2) is 13.1. The Balaban J connectivity index is 1.19. The van der Waals surface area contributed by atoms with Crippen molar-refractivity contribution in [1.29, 1.82) is 5.26 Å². The van der Waals surface area contributed by atoms with Gasteiger partial charge >= 0.3 is 5.97 Å². The number of benzene rings is 1. The number of hydrogen-bond acceptors (Lipinski definition) is 9. The van der Waals surface area contributed by atoms with E-state index in [1.165, 1.54) is 22.1 Å². The first-order chi connectivity index (χ1) is 24.0. The number of pyridine rings is 2. The number of thiophene rings is 1. The molecule has 2 aliphatic rings. The summed E-state index contributed by atoms with van der Waals surface area (Å²) in [5.74, 6) is 3.27. The quantitative estimate of drug-likeness (QED) is 0.200. The second-order valence-corrected chi connectivity index (χ2v) is 13.9. The summed E-state index contributed by atoms with van der Waals surface area (Å²) in [7, 11) is 1.82. The molecule has 2 fully saturated rings. The van der Waals surface area contributed by atoms with Crippen molar-refractivity contribution in [3.63, 3.8) is 0 Å². The van der Waals surface area contributed by atoms with Gasteiger partial charge in [-0.2, -0.15) is 5.26 Å². The molecular formula is C36H30ClF2N7O3S. The molecule has 50 heavy (non-hydrogen) atoms. The molecule has 1 aliphatic carbocycles. The zero-order valence-electron chi connectivity index (χ0n) is 27.1. The van der Waals surface area contributed by atoms with Crippen molar-refractivity contribution < 1.29 is 18.7 Å². The van der Waals surface area contributed by atoms with Crippen LogP contribution in [0.4, 0.5) is 14.6 Å². The Morgan fingerprint density at radius 1 is 1.20 bits per heavy atom. The summed E-state index contributed by atoms with van der Waals surface area (Å²) in [5.41, 5.74) is 2.50. The topological polar surface area (TPSA) is 128 Å². The molecule has 0 spiro atoms. The van der Waals surface area contributed by atoms with Crippen LogP contribution in [-0.2, 0) is 6.54 Å². The Labute approximate surface area is 294 Å². The van der Waals surface area contributed by atoms with Gasteiger partial charge in [-0.1, -0.05) is 23.4 Å². The molecular weight excluding hydrogens is 684 g/mol. The van der Waals surface area contributed by atoms with Crippen LogP contribution in [0.15, 0.2) is 46.8 Å². The lowest BCUT2D eigenvalue weighted by Crippen LogP contribution is -2.58. The number of carbonyl (C=O) groups is 1. The Morgan fingerprint density at radius 3 is 2.66 bits per heavy atom. The summed E-state index contributed by atoms with van der Waals surface area (Å²) in [5, 5.41) is 22.1. The number of anilines is 1. The lowest BCUT2D eigenvalue weighted by Gasteiger charge is -2.47. The van der Waals surface area contributed by atoms with Gasteiger partial charge < -0.3 is 10.0 Å². The number of carboxylic acid groups (broad SMARTS) is 1. The van der Waals surface area contributed by atoms with Crippen LogP contribution in [0.1, 0.15) is 53.0 Å². The Bertz CT molecular complexity index is 2350. The van der Waals surface area contributed by atoms with Crippen LogP contribution in [0.3, 0.4) is 0 Å². The molecule has 1 aromatic carbocycles. The van der Waals surface area contributed by atoms with Gasteiger partial charge in [0.05, 0.1) is 45.5 Å². The first kappa shape index (κ1) is 33.5. The smallest absolute Gasteiger partial charge is 0.338 e. The van der Waals surface area contributed by atoms with Crippen molar-refractivity contribution in [2.75, 3.05) is 25.0 Å². The normalized spacial score (nSPS) is 17.6. The molecule has 1 unspecified atom stereocenters. The summed E-state index contributed by atoms with van der Waals surface area (Å²) in [6, 6.07) is 8.45. The molecule has 14 heteroatoms. The Hall–Kier alpha value is -4.95. The minimum atomic E-state index is -2.64. The number of carboxylic acids is 1. The number of alkyl halides is 2. The number of fused-ring (bicyclic) bond motifs is 2. The first-order valence-corrected chi connectivity index (χ1v) is 17.3. The molecule has 0 radical (unpaired) electrons. The molecule has 1 aliphatic heterocycles. The van der Waals surface area contributed by atoms with Crippen molar-refractivity contribution in [2.24, 2.45) is 0 Å². The van der Waals surface area contributed by atoms with E-state index in [1.54, 1.807) is 42.8 Å². The number of likely N-dealkylation sites (tertiary alicyclic amines) is 1. The third-order valence-electron chi connectivity index (χ3n) is 9.76. The van der Waals surface area contributed by atoms with Crippen LogP contribution >= 0.6 is 22.9 Å². The van der Waals surface area contributed by atoms with E-state index in [4.69, 9.17) is 11.6 Å². The number of nitrogens with zero attached hydrogens (tertiary/aromatic N) is 7. The van der Waals surface area contributed by atoms with E-state index in [-0.39, 0.29) is 35.5 Å². The molecule has 1 atom stereocenters. The lowest BCUT2D eigenvalue weighted by atomic mass is 9.85. The molecule has 5 aromatic rings. The average Bonchev–Trinajstić information content (AvgIpc) is 3.54. The predicted molar refractivity (Wildman–Crippen MR) is 188 cm³/mol. The largest absolute Gasteiger partial charge is 0.478 e. The molecule has 5 heterocycles. The molecule has 1 N–H and O–H groups in total. The number of aryl methyl sites for hydroxylation is 1. The van der Waals surface area contributed by atoms with E-state index in [0.717, 1.165) is 5.56 Å². The van der Waals surface area contributed by atoms with Gasteiger partial charge in [0.2, 0.25) is 0 Å². The van der Waals surface area contributed by atoms with Crippen LogP contribution in [0, 0.1) is 30.1 Å². The Kier molecular flexibility index (Phi) is 8.76. The maximum absolute atomic E-state index is 14.0. The summed E-state index contributed by atoms with van der Waals surface area (Å²) in [4.78, 5) is 42.9.